The third-order valence-corrected chi connectivity index (χ3v) is 3.26. The standard InChI is InChI=1S/C15H18N2O2/c1-12-14(8-9-17(12)10-11-18)15(19)16(2)13-6-4-3-5-7-13/h3-9,18H,10-11H2,1-2H3. The number of aromatic nitrogens is 1. The molecular formula is C15H18N2O2. The molecule has 1 heterocycles. The van der Waals surface area contributed by atoms with Gasteiger partial charge in [-0.15, -0.1) is 0 Å². The first-order valence-electron chi connectivity index (χ1n) is 6.25. The topological polar surface area (TPSA) is 45.5 Å². The summed E-state index contributed by atoms with van der Waals surface area (Å²) in [7, 11) is 1.76. The molecule has 1 amide bonds. The maximum Gasteiger partial charge on any atom is 0.259 e. The molecule has 0 saturated carbocycles. The Hall–Kier alpha value is -2.07. The van der Waals surface area contributed by atoms with E-state index in [4.69, 9.17) is 5.11 Å². The van der Waals surface area contributed by atoms with E-state index in [1.54, 1.807) is 18.0 Å². The maximum absolute atomic E-state index is 12.4. The zero-order valence-corrected chi connectivity index (χ0v) is 11.2. The average molecular weight is 258 g/mol. The zero-order valence-electron chi connectivity index (χ0n) is 11.2. The fourth-order valence-electron chi connectivity index (χ4n) is 2.08. The number of carbonyl (C=O) groups is 1. The first-order valence-corrected chi connectivity index (χ1v) is 6.25. The van der Waals surface area contributed by atoms with Gasteiger partial charge in [-0.25, -0.2) is 0 Å². The van der Waals surface area contributed by atoms with Crippen LogP contribution in [0.5, 0.6) is 0 Å². The van der Waals surface area contributed by atoms with Crippen LogP contribution in [0.2, 0.25) is 0 Å². The summed E-state index contributed by atoms with van der Waals surface area (Å²) in [4.78, 5) is 14.1. The van der Waals surface area contributed by atoms with Crippen molar-refractivity contribution in [1.82, 2.24) is 4.57 Å². The van der Waals surface area contributed by atoms with Crippen molar-refractivity contribution in [2.75, 3.05) is 18.6 Å². The summed E-state index contributed by atoms with van der Waals surface area (Å²) in [6, 6.07) is 11.3. The van der Waals surface area contributed by atoms with Gasteiger partial charge in [0.05, 0.1) is 12.2 Å². The van der Waals surface area contributed by atoms with E-state index >= 15 is 0 Å². The molecule has 1 aromatic carbocycles. The van der Waals surface area contributed by atoms with Crippen LogP contribution in [0.3, 0.4) is 0 Å². The summed E-state index contributed by atoms with van der Waals surface area (Å²) >= 11 is 0. The largest absolute Gasteiger partial charge is 0.395 e. The molecule has 0 bridgehead atoms. The smallest absolute Gasteiger partial charge is 0.259 e. The molecule has 4 nitrogen and oxygen atoms in total. The Bertz CT molecular complexity index is 561. The van der Waals surface area contributed by atoms with Crippen molar-refractivity contribution < 1.29 is 9.90 Å². The van der Waals surface area contributed by atoms with Gasteiger partial charge < -0.3 is 14.6 Å². The summed E-state index contributed by atoms with van der Waals surface area (Å²) in [5.74, 6) is -0.0413. The van der Waals surface area contributed by atoms with Crippen LogP contribution in [-0.4, -0.2) is 29.2 Å². The van der Waals surface area contributed by atoms with Gasteiger partial charge in [0.15, 0.2) is 0 Å². The van der Waals surface area contributed by atoms with Crippen molar-refractivity contribution in [2.45, 2.75) is 13.5 Å². The molecule has 0 atom stereocenters. The second-order valence-electron chi connectivity index (χ2n) is 4.43. The van der Waals surface area contributed by atoms with E-state index in [0.29, 0.717) is 12.1 Å². The number of para-hydroxylation sites is 1. The summed E-state index contributed by atoms with van der Waals surface area (Å²) in [6.07, 6.45) is 1.83. The Morgan fingerprint density at radius 1 is 1.26 bits per heavy atom. The predicted molar refractivity (Wildman–Crippen MR) is 75.4 cm³/mol. The second kappa shape index (κ2) is 5.71. The Morgan fingerprint density at radius 3 is 2.58 bits per heavy atom. The van der Waals surface area contributed by atoms with Gasteiger partial charge in [-0.1, -0.05) is 18.2 Å². The SMILES string of the molecule is Cc1c(C(=O)N(C)c2ccccc2)ccn1CCO. The highest BCUT2D eigenvalue weighted by molar-refractivity contribution is 6.06. The number of benzene rings is 1. The van der Waals surface area contributed by atoms with Crippen LogP contribution in [0, 0.1) is 6.92 Å². The third-order valence-electron chi connectivity index (χ3n) is 3.26. The van der Waals surface area contributed by atoms with E-state index in [0.717, 1.165) is 11.4 Å². The van der Waals surface area contributed by atoms with E-state index in [2.05, 4.69) is 0 Å². The number of hydrogen-bond donors (Lipinski definition) is 1. The number of rotatable bonds is 4. The molecule has 0 radical (unpaired) electrons. The molecule has 2 rings (SSSR count). The molecular weight excluding hydrogens is 240 g/mol. The van der Waals surface area contributed by atoms with Gasteiger partial charge in [0.1, 0.15) is 0 Å². The molecule has 2 aromatic rings. The van der Waals surface area contributed by atoms with E-state index in [-0.39, 0.29) is 12.5 Å². The highest BCUT2D eigenvalue weighted by Gasteiger charge is 2.17. The predicted octanol–water partition coefficient (Wildman–Crippen LogP) is 2.07. The summed E-state index contributed by atoms with van der Waals surface area (Å²) in [6.45, 7) is 2.47. The molecule has 0 aliphatic heterocycles. The Labute approximate surface area is 112 Å². The molecule has 19 heavy (non-hydrogen) atoms. The lowest BCUT2D eigenvalue weighted by Gasteiger charge is -2.17. The number of aliphatic hydroxyl groups excluding tert-OH is 1. The molecule has 0 saturated heterocycles. The van der Waals surface area contributed by atoms with Gasteiger partial charge in [0.2, 0.25) is 0 Å². The molecule has 0 spiro atoms. The molecule has 0 aliphatic rings. The van der Waals surface area contributed by atoms with Crippen molar-refractivity contribution >= 4 is 11.6 Å². The minimum atomic E-state index is -0.0413. The minimum Gasteiger partial charge on any atom is -0.395 e. The van der Waals surface area contributed by atoms with Crippen LogP contribution in [0.15, 0.2) is 42.6 Å². The van der Waals surface area contributed by atoms with E-state index in [1.165, 1.54) is 0 Å². The van der Waals surface area contributed by atoms with Gasteiger partial charge >= 0.3 is 0 Å². The fraction of sp³-hybridized carbons (Fsp3) is 0.267. The lowest BCUT2D eigenvalue weighted by atomic mass is 10.2. The highest BCUT2D eigenvalue weighted by atomic mass is 16.3. The van der Waals surface area contributed by atoms with E-state index < -0.39 is 0 Å². The number of amides is 1. The number of aliphatic hydroxyl groups is 1. The molecule has 1 N–H and O–H groups in total. The van der Waals surface area contributed by atoms with Crippen molar-refractivity contribution in [2.24, 2.45) is 0 Å². The molecule has 100 valence electrons. The monoisotopic (exact) mass is 258 g/mol. The lowest BCUT2D eigenvalue weighted by Crippen LogP contribution is -2.26. The molecule has 1 aromatic heterocycles. The van der Waals surface area contributed by atoms with E-state index in [1.807, 2.05) is 48.0 Å². The van der Waals surface area contributed by atoms with Gasteiger partial charge in [0.25, 0.3) is 5.91 Å². The Balaban J connectivity index is 2.25. The zero-order chi connectivity index (χ0) is 13.8. The minimum absolute atomic E-state index is 0.0413. The maximum atomic E-state index is 12.4. The fourth-order valence-corrected chi connectivity index (χ4v) is 2.08. The first kappa shape index (κ1) is 13.4. The summed E-state index contributed by atoms with van der Waals surface area (Å²) < 4.78 is 1.88. The number of hydrogen-bond acceptors (Lipinski definition) is 2. The van der Waals surface area contributed by atoms with Crippen LogP contribution in [0.25, 0.3) is 0 Å². The highest BCUT2D eigenvalue weighted by Crippen LogP contribution is 2.17. The van der Waals surface area contributed by atoms with Crippen molar-refractivity contribution in [3.63, 3.8) is 0 Å². The second-order valence-corrected chi connectivity index (χ2v) is 4.43. The molecule has 4 heteroatoms. The van der Waals surface area contributed by atoms with Crippen molar-refractivity contribution in [1.29, 1.82) is 0 Å². The lowest BCUT2D eigenvalue weighted by molar-refractivity contribution is 0.0992. The Morgan fingerprint density at radius 2 is 1.95 bits per heavy atom. The average Bonchev–Trinajstić information content (AvgIpc) is 2.80. The van der Waals surface area contributed by atoms with E-state index in [9.17, 15) is 4.79 Å². The van der Waals surface area contributed by atoms with Crippen molar-refractivity contribution in [3.8, 4) is 0 Å². The van der Waals surface area contributed by atoms with Gasteiger partial charge in [-0.05, 0) is 25.1 Å². The molecule has 0 fully saturated rings. The van der Waals surface area contributed by atoms with Gasteiger partial charge in [-0.2, -0.15) is 0 Å². The van der Waals surface area contributed by atoms with Crippen LogP contribution in [-0.2, 0) is 6.54 Å². The Kier molecular flexibility index (Phi) is 4.02. The van der Waals surface area contributed by atoms with Crippen LogP contribution >= 0.6 is 0 Å². The third kappa shape index (κ3) is 2.69. The summed E-state index contributed by atoms with van der Waals surface area (Å²) in [5.41, 5.74) is 2.41. The molecule has 0 aliphatic carbocycles. The number of nitrogens with zero attached hydrogens (tertiary/aromatic N) is 2. The molecule has 0 unspecified atom stereocenters. The summed E-state index contributed by atoms with van der Waals surface area (Å²) in [5, 5.41) is 8.96. The van der Waals surface area contributed by atoms with Crippen LogP contribution in [0.1, 0.15) is 16.1 Å². The van der Waals surface area contributed by atoms with Crippen LogP contribution < -0.4 is 4.90 Å². The quantitative estimate of drug-likeness (QED) is 0.912. The van der Waals surface area contributed by atoms with Gasteiger partial charge in [-0.3, -0.25) is 4.79 Å². The van der Waals surface area contributed by atoms with Gasteiger partial charge in [0, 0.05) is 31.2 Å². The normalized spacial score (nSPS) is 10.5. The number of anilines is 1. The van der Waals surface area contributed by atoms with Crippen LogP contribution in [0.4, 0.5) is 5.69 Å². The first-order chi connectivity index (χ1) is 9.15. The number of carbonyl (C=O) groups excluding carboxylic acids is 1. The van der Waals surface area contributed by atoms with Crippen molar-refractivity contribution in [3.05, 3.63) is 53.9 Å².